The zero-order valence-corrected chi connectivity index (χ0v) is 13.1. The van der Waals surface area contributed by atoms with E-state index in [1.165, 1.54) is 0 Å². The van der Waals surface area contributed by atoms with Crippen LogP contribution in [0.1, 0.15) is 5.56 Å². The SMILES string of the molecule is Cc1cc(Br)c(NC(=O)C2COCCN2)c(Br)c1. The second kappa shape index (κ2) is 6.14. The molecule has 1 atom stereocenters. The normalized spacial score (nSPS) is 19.6. The molecule has 0 saturated carbocycles. The first-order valence-electron chi connectivity index (χ1n) is 5.65. The van der Waals surface area contributed by atoms with Crippen molar-refractivity contribution < 1.29 is 9.53 Å². The zero-order valence-electron chi connectivity index (χ0n) is 9.93. The van der Waals surface area contributed by atoms with E-state index in [1.807, 2.05) is 19.1 Å². The predicted molar refractivity (Wildman–Crippen MR) is 77.8 cm³/mol. The molecule has 98 valence electrons. The van der Waals surface area contributed by atoms with Crippen LogP contribution in [0.3, 0.4) is 0 Å². The summed E-state index contributed by atoms with van der Waals surface area (Å²) in [5, 5.41) is 6.02. The highest BCUT2D eigenvalue weighted by Gasteiger charge is 2.22. The molecule has 1 unspecified atom stereocenters. The highest BCUT2D eigenvalue weighted by atomic mass is 79.9. The summed E-state index contributed by atoms with van der Waals surface area (Å²) in [5.41, 5.74) is 1.86. The summed E-state index contributed by atoms with van der Waals surface area (Å²) in [5.74, 6) is -0.0834. The third-order valence-electron chi connectivity index (χ3n) is 2.67. The van der Waals surface area contributed by atoms with E-state index in [-0.39, 0.29) is 11.9 Å². The largest absolute Gasteiger partial charge is 0.378 e. The minimum absolute atomic E-state index is 0.0834. The first kappa shape index (κ1) is 14.0. The molecule has 4 nitrogen and oxygen atoms in total. The summed E-state index contributed by atoms with van der Waals surface area (Å²) < 4.78 is 6.99. The number of anilines is 1. The van der Waals surface area contributed by atoms with E-state index in [0.717, 1.165) is 20.2 Å². The maximum absolute atomic E-state index is 12.1. The zero-order chi connectivity index (χ0) is 13.1. The van der Waals surface area contributed by atoms with E-state index in [9.17, 15) is 4.79 Å². The average molecular weight is 378 g/mol. The fourth-order valence-electron chi connectivity index (χ4n) is 1.76. The van der Waals surface area contributed by atoms with Gasteiger partial charge in [-0.15, -0.1) is 0 Å². The minimum atomic E-state index is -0.293. The minimum Gasteiger partial charge on any atom is -0.378 e. The van der Waals surface area contributed by atoms with Crippen LogP contribution in [0.25, 0.3) is 0 Å². The number of carbonyl (C=O) groups is 1. The molecular formula is C12H14Br2N2O2. The smallest absolute Gasteiger partial charge is 0.243 e. The van der Waals surface area contributed by atoms with Crippen LogP contribution in [-0.2, 0) is 9.53 Å². The quantitative estimate of drug-likeness (QED) is 0.832. The van der Waals surface area contributed by atoms with Gasteiger partial charge in [0.15, 0.2) is 0 Å². The summed E-state index contributed by atoms with van der Waals surface area (Å²) in [6, 6.07) is 3.63. The van der Waals surface area contributed by atoms with Crippen molar-refractivity contribution in [1.82, 2.24) is 5.32 Å². The molecule has 1 aromatic carbocycles. The van der Waals surface area contributed by atoms with Gasteiger partial charge in [0, 0.05) is 15.5 Å². The Morgan fingerprint density at radius 1 is 1.44 bits per heavy atom. The Labute approximate surface area is 123 Å². The number of halogens is 2. The highest BCUT2D eigenvalue weighted by Crippen LogP contribution is 2.32. The molecule has 2 rings (SSSR count). The van der Waals surface area contributed by atoms with Gasteiger partial charge in [0.2, 0.25) is 5.91 Å². The number of amides is 1. The Morgan fingerprint density at radius 2 is 2.11 bits per heavy atom. The number of morpholine rings is 1. The number of rotatable bonds is 2. The van der Waals surface area contributed by atoms with Crippen LogP contribution in [0.2, 0.25) is 0 Å². The van der Waals surface area contributed by atoms with Gasteiger partial charge in [0.25, 0.3) is 0 Å². The second-order valence-corrected chi connectivity index (χ2v) is 5.88. The van der Waals surface area contributed by atoms with E-state index >= 15 is 0 Å². The lowest BCUT2D eigenvalue weighted by molar-refractivity contribution is -0.120. The average Bonchev–Trinajstić information content (AvgIpc) is 2.34. The lowest BCUT2D eigenvalue weighted by atomic mass is 10.2. The molecule has 0 spiro atoms. The molecule has 2 N–H and O–H groups in total. The summed E-state index contributed by atoms with van der Waals surface area (Å²) >= 11 is 6.91. The molecule has 0 radical (unpaired) electrons. The fourth-order valence-corrected chi connectivity index (χ4v) is 3.38. The first-order valence-corrected chi connectivity index (χ1v) is 7.24. The van der Waals surface area contributed by atoms with Crippen LogP contribution in [0.4, 0.5) is 5.69 Å². The Kier molecular flexibility index (Phi) is 4.77. The fraction of sp³-hybridized carbons (Fsp3) is 0.417. The number of nitrogens with one attached hydrogen (secondary N) is 2. The van der Waals surface area contributed by atoms with Gasteiger partial charge in [-0.05, 0) is 56.5 Å². The number of ether oxygens (including phenoxy) is 1. The molecule has 1 saturated heterocycles. The molecule has 1 aliphatic heterocycles. The lowest BCUT2D eigenvalue weighted by Crippen LogP contribution is -2.48. The van der Waals surface area contributed by atoms with Crippen LogP contribution >= 0.6 is 31.9 Å². The topological polar surface area (TPSA) is 50.4 Å². The van der Waals surface area contributed by atoms with E-state index in [2.05, 4.69) is 42.5 Å². The Morgan fingerprint density at radius 3 is 2.67 bits per heavy atom. The summed E-state index contributed by atoms with van der Waals surface area (Å²) in [6.45, 7) is 3.76. The van der Waals surface area contributed by atoms with Crippen molar-refractivity contribution in [2.75, 3.05) is 25.1 Å². The van der Waals surface area contributed by atoms with Gasteiger partial charge < -0.3 is 15.4 Å². The first-order chi connectivity index (χ1) is 8.58. The van der Waals surface area contributed by atoms with Crippen molar-refractivity contribution in [3.05, 3.63) is 26.6 Å². The van der Waals surface area contributed by atoms with Crippen LogP contribution in [-0.4, -0.2) is 31.7 Å². The molecule has 6 heteroatoms. The van der Waals surface area contributed by atoms with Crippen LogP contribution in [0.15, 0.2) is 21.1 Å². The summed E-state index contributed by atoms with van der Waals surface area (Å²) in [4.78, 5) is 12.1. The second-order valence-electron chi connectivity index (χ2n) is 4.17. The van der Waals surface area contributed by atoms with Gasteiger partial charge in [-0.3, -0.25) is 4.79 Å². The number of aryl methyl sites for hydroxylation is 1. The van der Waals surface area contributed by atoms with E-state index in [1.54, 1.807) is 0 Å². The molecular weight excluding hydrogens is 364 g/mol. The maximum Gasteiger partial charge on any atom is 0.243 e. The van der Waals surface area contributed by atoms with Gasteiger partial charge in [-0.1, -0.05) is 0 Å². The van der Waals surface area contributed by atoms with Crippen LogP contribution in [0.5, 0.6) is 0 Å². The van der Waals surface area contributed by atoms with Crippen LogP contribution < -0.4 is 10.6 Å². The molecule has 1 heterocycles. The van der Waals surface area contributed by atoms with E-state index in [0.29, 0.717) is 19.8 Å². The Balaban J connectivity index is 2.11. The molecule has 1 fully saturated rings. The highest BCUT2D eigenvalue weighted by molar-refractivity contribution is 9.11. The van der Waals surface area contributed by atoms with Gasteiger partial charge in [0.05, 0.1) is 18.9 Å². The number of hydrogen-bond donors (Lipinski definition) is 2. The lowest BCUT2D eigenvalue weighted by Gasteiger charge is -2.23. The monoisotopic (exact) mass is 376 g/mol. The molecule has 1 aliphatic rings. The molecule has 0 aliphatic carbocycles. The molecule has 18 heavy (non-hydrogen) atoms. The van der Waals surface area contributed by atoms with Gasteiger partial charge >= 0.3 is 0 Å². The summed E-state index contributed by atoms with van der Waals surface area (Å²) in [7, 11) is 0. The molecule has 0 bridgehead atoms. The van der Waals surface area contributed by atoms with E-state index < -0.39 is 0 Å². The Hall–Kier alpha value is -0.430. The third-order valence-corrected chi connectivity index (χ3v) is 3.92. The van der Waals surface area contributed by atoms with Gasteiger partial charge in [-0.25, -0.2) is 0 Å². The number of hydrogen-bond acceptors (Lipinski definition) is 3. The third kappa shape index (κ3) is 3.32. The van der Waals surface area contributed by atoms with E-state index in [4.69, 9.17) is 4.74 Å². The molecule has 1 aromatic rings. The van der Waals surface area contributed by atoms with Gasteiger partial charge in [-0.2, -0.15) is 0 Å². The Bertz CT molecular complexity index is 436. The number of benzene rings is 1. The summed E-state index contributed by atoms with van der Waals surface area (Å²) in [6.07, 6.45) is 0. The van der Waals surface area contributed by atoms with Crippen molar-refractivity contribution in [2.24, 2.45) is 0 Å². The maximum atomic E-state index is 12.1. The van der Waals surface area contributed by atoms with Gasteiger partial charge in [0.1, 0.15) is 6.04 Å². The molecule has 0 aromatic heterocycles. The van der Waals surface area contributed by atoms with Crippen molar-refractivity contribution >= 4 is 43.5 Å². The van der Waals surface area contributed by atoms with Crippen molar-refractivity contribution in [3.63, 3.8) is 0 Å². The predicted octanol–water partition coefficient (Wildman–Crippen LogP) is 2.45. The van der Waals surface area contributed by atoms with Crippen molar-refractivity contribution in [3.8, 4) is 0 Å². The number of carbonyl (C=O) groups excluding carboxylic acids is 1. The molecule has 1 amide bonds. The van der Waals surface area contributed by atoms with Crippen molar-refractivity contribution in [2.45, 2.75) is 13.0 Å². The van der Waals surface area contributed by atoms with Crippen LogP contribution in [0, 0.1) is 6.92 Å². The standard InChI is InChI=1S/C12H14Br2N2O2/c1-7-4-8(13)11(9(14)5-7)16-12(17)10-6-18-3-2-15-10/h4-5,10,15H,2-3,6H2,1H3,(H,16,17). The van der Waals surface area contributed by atoms with Crippen molar-refractivity contribution in [1.29, 1.82) is 0 Å².